The Morgan fingerprint density at radius 3 is 2.89 bits per heavy atom. The Morgan fingerprint density at radius 1 is 1.44 bits per heavy atom. The second-order valence-corrected chi connectivity index (χ2v) is 4.97. The van der Waals surface area contributed by atoms with E-state index in [1.54, 1.807) is 6.20 Å². The fourth-order valence-corrected chi connectivity index (χ4v) is 2.04. The number of amides is 1. The number of carbonyl (C=O) groups is 1. The molecule has 1 heterocycles. The first kappa shape index (κ1) is 12.8. The molecule has 4 nitrogen and oxygen atoms in total. The second-order valence-electron chi connectivity index (χ2n) is 4.12. The molecule has 0 spiro atoms. The predicted octanol–water partition coefficient (Wildman–Crippen LogP) is 2.72. The van der Waals surface area contributed by atoms with Gasteiger partial charge in [0.1, 0.15) is 0 Å². The molecule has 0 aliphatic carbocycles. The monoisotopic (exact) mass is 307 g/mol. The average molecular weight is 308 g/mol. The van der Waals surface area contributed by atoms with Crippen molar-refractivity contribution in [3.63, 3.8) is 0 Å². The number of aryl methyl sites for hydroxylation is 1. The Labute approximate surface area is 114 Å². The van der Waals surface area contributed by atoms with E-state index in [9.17, 15) is 4.79 Å². The molecular weight excluding hydrogens is 294 g/mol. The number of nitrogens with zero attached hydrogens (tertiary/aromatic N) is 1. The fraction of sp³-hybridized carbons (Fsp3) is 0.231. The molecule has 0 aliphatic rings. The predicted molar refractivity (Wildman–Crippen MR) is 73.4 cm³/mol. The highest BCUT2D eigenvalue weighted by Gasteiger charge is 2.11. The summed E-state index contributed by atoms with van der Waals surface area (Å²) in [6, 6.07) is 5.60. The van der Waals surface area contributed by atoms with E-state index in [4.69, 9.17) is 0 Å². The largest absolute Gasteiger partial charge is 0.348 e. The number of nitrogens with one attached hydrogen (secondary N) is 2. The van der Waals surface area contributed by atoms with E-state index in [2.05, 4.69) is 31.4 Å². The van der Waals surface area contributed by atoms with Gasteiger partial charge in [0, 0.05) is 27.8 Å². The Bertz CT molecular complexity index is 577. The molecule has 2 aromatic rings. The van der Waals surface area contributed by atoms with Gasteiger partial charge in [-0.3, -0.25) is 9.89 Å². The standard InChI is InChI=1S/C13H14BrN3O/c1-8-11(4-3-5-12(8)14)13(18)15-6-10-7-16-17-9(10)2/h3-5,7H,6H2,1-2H3,(H,15,18)(H,16,17). The minimum absolute atomic E-state index is 0.0746. The Kier molecular flexibility index (Phi) is 3.81. The molecule has 0 saturated heterocycles. The van der Waals surface area contributed by atoms with Gasteiger partial charge in [-0.1, -0.05) is 22.0 Å². The number of H-pyrrole nitrogens is 1. The van der Waals surface area contributed by atoms with Crippen LogP contribution >= 0.6 is 15.9 Å². The number of benzene rings is 1. The quantitative estimate of drug-likeness (QED) is 0.916. The fourth-order valence-electron chi connectivity index (χ4n) is 1.68. The summed E-state index contributed by atoms with van der Waals surface area (Å²) in [5, 5.41) is 9.65. The summed E-state index contributed by atoms with van der Waals surface area (Å²) in [5.41, 5.74) is 3.60. The van der Waals surface area contributed by atoms with Crippen molar-refractivity contribution in [3.05, 3.63) is 51.3 Å². The van der Waals surface area contributed by atoms with Gasteiger partial charge < -0.3 is 5.32 Å². The van der Waals surface area contributed by atoms with Crippen molar-refractivity contribution in [2.45, 2.75) is 20.4 Å². The van der Waals surface area contributed by atoms with Crippen LogP contribution in [0.3, 0.4) is 0 Å². The molecule has 18 heavy (non-hydrogen) atoms. The average Bonchev–Trinajstić information content (AvgIpc) is 2.75. The summed E-state index contributed by atoms with van der Waals surface area (Å²) in [5.74, 6) is -0.0746. The van der Waals surface area contributed by atoms with Crippen LogP contribution in [-0.4, -0.2) is 16.1 Å². The molecule has 1 aromatic carbocycles. The van der Waals surface area contributed by atoms with Gasteiger partial charge in [-0.25, -0.2) is 0 Å². The SMILES string of the molecule is Cc1[nH]ncc1CNC(=O)c1cccc(Br)c1C. The van der Waals surface area contributed by atoms with E-state index in [0.717, 1.165) is 21.3 Å². The first-order valence-corrected chi connectivity index (χ1v) is 6.41. The molecule has 2 rings (SSSR count). The Hall–Kier alpha value is -1.62. The molecule has 94 valence electrons. The van der Waals surface area contributed by atoms with Gasteiger partial charge in [-0.2, -0.15) is 5.10 Å². The molecule has 2 N–H and O–H groups in total. The topological polar surface area (TPSA) is 57.8 Å². The maximum atomic E-state index is 12.1. The van der Waals surface area contributed by atoms with Crippen molar-refractivity contribution >= 4 is 21.8 Å². The molecule has 0 aliphatic heterocycles. The lowest BCUT2D eigenvalue weighted by Gasteiger charge is -2.08. The highest BCUT2D eigenvalue weighted by molar-refractivity contribution is 9.10. The minimum atomic E-state index is -0.0746. The summed E-state index contributed by atoms with van der Waals surface area (Å²) in [6.07, 6.45) is 1.73. The van der Waals surface area contributed by atoms with Crippen molar-refractivity contribution in [3.8, 4) is 0 Å². The van der Waals surface area contributed by atoms with Crippen LogP contribution in [0.4, 0.5) is 0 Å². The third-order valence-corrected chi connectivity index (χ3v) is 3.75. The Balaban J connectivity index is 2.09. The first-order chi connectivity index (χ1) is 8.59. The van der Waals surface area contributed by atoms with E-state index in [1.165, 1.54) is 0 Å². The lowest BCUT2D eigenvalue weighted by Crippen LogP contribution is -2.23. The highest BCUT2D eigenvalue weighted by atomic mass is 79.9. The highest BCUT2D eigenvalue weighted by Crippen LogP contribution is 2.19. The zero-order valence-electron chi connectivity index (χ0n) is 10.2. The third kappa shape index (κ3) is 2.61. The van der Waals surface area contributed by atoms with Crippen molar-refractivity contribution in [2.75, 3.05) is 0 Å². The summed E-state index contributed by atoms with van der Waals surface area (Å²) >= 11 is 3.42. The van der Waals surface area contributed by atoms with Crippen molar-refractivity contribution < 1.29 is 4.79 Å². The molecule has 1 amide bonds. The van der Waals surface area contributed by atoms with Gasteiger partial charge in [-0.15, -0.1) is 0 Å². The molecule has 0 atom stereocenters. The molecule has 1 aromatic heterocycles. The van der Waals surface area contributed by atoms with Crippen LogP contribution in [-0.2, 0) is 6.54 Å². The third-order valence-electron chi connectivity index (χ3n) is 2.89. The van der Waals surface area contributed by atoms with Crippen LogP contribution in [0, 0.1) is 13.8 Å². The molecule has 0 bridgehead atoms. The Morgan fingerprint density at radius 2 is 2.22 bits per heavy atom. The van der Waals surface area contributed by atoms with Crippen LogP contribution in [0.25, 0.3) is 0 Å². The van der Waals surface area contributed by atoms with E-state index < -0.39 is 0 Å². The van der Waals surface area contributed by atoms with E-state index in [-0.39, 0.29) is 5.91 Å². The maximum Gasteiger partial charge on any atom is 0.251 e. The maximum absolute atomic E-state index is 12.1. The normalized spacial score (nSPS) is 10.4. The van der Waals surface area contributed by atoms with Crippen LogP contribution in [0.15, 0.2) is 28.9 Å². The van der Waals surface area contributed by atoms with Crippen molar-refractivity contribution in [1.29, 1.82) is 0 Å². The van der Waals surface area contributed by atoms with E-state index in [1.807, 2.05) is 32.0 Å². The lowest BCUT2D eigenvalue weighted by atomic mass is 10.1. The molecule has 0 saturated carbocycles. The van der Waals surface area contributed by atoms with Gasteiger partial charge in [0.15, 0.2) is 0 Å². The number of hydrogen-bond donors (Lipinski definition) is 2. The second kappa shape index (κ2) is 5.35. The van der Waals surface area contributed by atoms with E-state index in [0.29, 0.717) is 12.1 Å². The number of aromatic nitrogens is 2. The number of carbonyl (C=O) groups excluding carboxylic acids is 1. The van der Waals surface area contributed by atoms with Gasteiger partial charge >= 0.3 is 0 Å². The molecule has 0 fully saturated rings. The summed E-state index contributed by atoms with van der Waals surface area (Å²) in [4.78, 5) is 12.1. The van der Waals surface area contributed by atoms with Gasteiger partial charge in [0.2, 0.25) is 0 Å². The zero-order chi connectivity index (χ0) is 13.1. The minimum Gasteiger partial charge on any atom is -0.348 e. The number of rotatable bonds is 3. The van der Waals surface area contributed by atoms with Gasteiger partial charge in [-0.05, 0) is 31.5 Å². The summed E-state index contributed by atoms with van der Waals surface area (Å²) < 4.78 is 0.939. The summed E-state index contributed by atoms with van der Waals surface area (Å²) in [7, 11) is 0. The van der Waals surface area contributed by atoms with Crippen LogP contribution < -0.4 is 5.32 Å². The van der Waals surface area contributed by atoms with Crippen LogP contribution in [0.1, 0.15) is 27.2 Å². The molecular formula is C13H14BrN3O. The number of aromatic amines is 1. The molecule has 0 radical (unpaired) electrons. The lowest BCUT2D eigenvalue weighted by molar-refractivity contribution is 0.0950. The molecule has 0 unspecified atom stereocenters. The zero-order valence-corrected chi connectivity index (χ0v) is 11.8. The van der Waals surface area contributed by atoms with Crippen LogP contribution in [0.2, 0.25) is 0 Å². The first-order valence-electron chi connectivity index (χ1n) is 5.61. The van der Waals surface area contributed by atoms with E-state index >= 15 is 0 Å². The van der Waals surface area contributed by atoms with Crippen molar-refractivity contribution in [1.82, 2.24) is 15.5 Å². The van der Waals surface area contributed by atoms with Crippen LogP contribution in [0.5, 0.6) is 0 Å². The number of hydrogen-bond acceptors (Lipinski definition) is 2. The van der Waals surface area contributed by atoms with Crippen molar-refractivity contribution in [2.24, 2.45) is 0 Å². The van der Waals surface area contributed by atoms with Gasteiger partial charge in [0.05, 0.1) is 6.20 Å². The molecule has 5 heteroatoms. The van der Waals surface area contributed by atoms with Gasteiger partial charge in [0.25, 0.3) is 5.91 Å². The summed E-state index contributed by atoms with van der Waals surface area (Å²) in [6.45, 7) is 4.33. The smallest absolute Gasteiger partial charge is 0.251 e. The number of halogens is 1.